The lowest BCUT2D eigenvalue weighted by Gasteiger charge is -2.09. The van der Waals surface area contributed by atoms with Crippen LogP contribution in [0, 0.1) is 5.92 Å². The van der Waals surface area contributed by atoms with Crippen LogP contribution < -0.4 is 10.6 Å². The van der Waals surface area contributed by atoms with Crippen molar-refractivity contribution in [3.05, 3.63) is 28.2 Å². The van der Waals surface area contributed by atoms with Crippen molar-refractivity contribution >= 4 is 34.8 Å². The van der Waals surface area contributed by atoms with Crippen molar-refractivity contribution in [2.24, 2.45) is 5.92 Å². The number of anilines is 1. The molecule has 0 heterocycles. The Bertz CT molecular complexity index is 374. The van der Waals surface area contributed by atoms with E-state index in [-0.39, 0.29) is 12.5 Å². The Balaban J connectivity index is 2.42. The Morgan fingerprint density at radius 2 is 1.82 bits per heavy atom. The van der Waals surface area contributed by atoms with E-state index in [2.05, 4.69) is 10.6 Å². The van der Waals surface area contributed by atoms with Gasteiger partial charge in [-0.1, -0.05) is 37.0 Å². The first kappa shape index (κ1) is 14.1. The van der Waals surface area contributed by atoms with Crippen LogP contribution in [0.3, 0.4) is 0 Å². The summed E-state index contributed by atoms with van der Waals surface area (Å²) < 4.78 is 0. The van der Waals surface area contributed by atoms with Crippen molar-refractivity contribution in [1.29, 1.82) is 0 Å². The van der Waals surface area contributed by atoms with Crippen LogP contribution in [0.2, 0.25) is 10.0 Å². The van der Waals surface area contributed by atoms with Gasteiger partial charge in [-0.3, -0.25) is 4.79 Å². The summed E-state index contributed by atoms with van der Waals surface area (Å²) in [5, 5.41) is 6.87. The van der Waals surface area contributed by atoms with Gasteiger partial charge in [0.2, 0.25) is 5.91 Å². The van der Waals surface area contributed by atoms with Gasteiger partial charge in [-0.15, -0.1) is 0 Å². The van der Waals surface area contributed by atoms with Gasteiger partial charge in [-0.05, 0) is 24.1 Å². The van der Waals surface area contributed by atoms with Gasteiger partial charge >= 0.3 is 0 Å². The van der Waals surface area contributed by atoms with Crippen molar-refractivity contribution in [2.45, 2.75) is 13.8 Å². The van der Waals surface area contributed by atoms with Crippen molar-refractivity contribution < 1.29 is 4.79 Å². The molecule has 1 aromatic rings. The number of hydrogen-bond donors (Lipinski definition) is 2. The van der Waals surface area contributed by atoms with Crippen molar-refractivity contribution in [2.75, 3.05) is 18.4 Å². The molecule has 0 unspecified atom stereocenters. The highest BCUT2D eigenvalue weighted by atomic mass is 35.5. The van der Waals surface area contributed by atoms with E-state index in [4.69, 9.17) is 23.2 Å². The lowest BCUT2D eigenvalue weighted by atomic mass is 10.2. The second kappa shape index (κ2) is 6.72. The fourth-order valence-electron chi connectivity index (χ4n) is 1.22. The third-order valence-electron chi connectivity index (χ3n) is 2.02. The maximum absolute atomic E-state index is 11.5. The first-order valence-corrected chi connectivity index (χ1v) is 6.19. The third kappa shape index (κ3) is 5.80. The van der Waals surface area contributed by atoms with E-state index in [1.165, 1.54) is 0 Å². The molecule has 1 amide bonds. The van der Waals surface area contributed by atoms with Crippen LogP contribution in [0.1, 0.15) is 13.8 Å². The lowest BCUT2D eigenvalue weighted by Crippen LogP contribution is -2.32. The molecule has 0 radical (unpaired) electrons. The molecule has 3 nitrogen and oxygen atoms in total. The van der Waals surface area contributed by atoms with E-state index in [0.717, 1.165) is 5.69 Å². The molecule has 0 spiro atoms. The molecule has 1 rings (SSSR count). The Morgan fingerprint density at radius 3 is 2.35 bits per heavy atom. The molecule has 2 N–H and O–H groups in total. The molecule has 0 saturated heterocycles. The van der Waals surface area contributed by atoms with Crippen LogP contribution in [-0.4, -0.2) is 19.0 Å². The molecule has 0 fully saturated rings. The summed E-state index contributed by atoms with van der Waals surface area (Å²) >= 11 is 11.7. The molecule has 0 bridgehead atoms. The van der Waals surface area contributed by atoms with Gasteiger partial charge in [0.05, 0.1) is 6.54 Å². The molecule has 17 heavy (non-hydrogen) atoms. The fourth-order valence-corrected chi connectivity index (χ4v) is 1.74. The van der Waals surface area contributed by atoms with Gasteiger partial charge < -0.3 is 10.6 Å². The largest absolute Gasteiger partial charge is 0.376 e. The van der Waals surface area contributed by atoms with E-state index in [9.17, 15) is 4.79 Å². The normalized spacial score (nSPS) is 10.4. The average molecular weight is 275 g/mol. The fraction of sp³-hybridized carbons (Fsp3) is 0.417. The maximum Gasteiger partial charge on any atom is 0.239 e. The zero-order valence-electron chi connectivity index (χ0n) is 9.89. The number of hydrogen-bond acceptors (Lipinski definition) is 2. The van der Waals surface area contributed by atoms with E-state index in [0.29, 0.717) is 22.5 Å². The average Bonchev–Trinajstić information content (AvgIpc) is 2.22. The number of carbonyl (C=O) groups excluding carboxylic acids is 1. The van der Waals surface area contributed by atoms with Crippen LogP contribution in [0.25, 0.3) is 0 Å². The SMILES string of the molecule is CC(C)CNC(=O)CNc1cc(Cl)cc(Cl)c1. The highest BCUT2D eigenvalue weighted by molar-refractivity contribution is 6.35. The molecular weight excluding hydrogens is 259 g/mol. The molecule has 0 aliphatic heterocycles. The Hall–Kier alpha value is -0.930. The quantitative estimate of drug-likeness (QED) is 0.866. The van der Waals surface area contributed by atoms with Crippen LogP contribution in [0.15, 0.2) is 18.2 Å². The summed E-state index contributed by atoms with van der Waals surface area (Å²) in [5.74, 6) is 0.398. The topological polar surface area (TPSA) is 41.1 Å². The highest BCUT2D eigenvalue weighted by Crippen LogP contribution is 2.22. The van der Waals surface area contributed by atoms with Gasteiger partial charge in [0, 0.05) is 22.3 Å². The maximum atomic E-state index is 11.5. The zero-order chi connectivity index (χ0) is 12.8. The number of amides is 1. The molecule has 94 valence electrons. The second-order valence-electron chi connectivity index (χ2n) is 4.21. The number of rotatable bonds is 5. The van der Waals surface area contributed by atoms with Crippen LogP contribution >= 0.6 is 23.2 Å². The van der Waals surface area contributed by atoms with Crippen LogP contribution in [0.5, 0.6) is 0 Å². The van der Waals surface area contributed by atoms with Crippen molar-refractivity contribution in [3.8, 4) is 0 Å². The van der Waals surface area contributed by atoms with Crippen LogP contribution in [0.4, 0.5) is 5.69 Å². The molecule has 1 aromatic carbocycles. The minimum absolute atomic E-state index is 0.0465. The van der Waals surface area contributed by atoms with Gasteiger partial charge in [0.15, 0.2) is 0 Å². The molecule has 0 atom stereocenters. The predicted octanol–water partition coefficient (Wildman–Crippen LogP) is 3.18. The minimum Gasteiger partial charge on any atom is -0.376 e. The number of carbonyl (C=O) groups is 1. The van der Waals surface area contributed by atoms with E-state index < -0.39 is 0 Å². The zero-order valence-corrected chi connectivity index (χ0v) is 11.4. The summed E-state index contributed by atoms with van der Waals surface area (Å²) in [6.07, 6.45) is 0. The van der Waals surface area contributed by atoms with E-state index in [1.807, 2.05) is 13.8 Å². The Morgan fingerprint density at radius 1 is 1.24 bits per heavy atom. The Kier molecular flexibility index (Phi) is 5.59. The number of nitrogens with one attached hydrogen (secondary N) is 2. The summed E-state index contributed by atoms with van der Waals surface area (Å²) in [6, 6.07) is 5.10. The summed E-state index contributed by atoms with van der Waals surface area (Å²) in [4.78, 5) is 11.5. The third-order valence-corrected chi connectivity index (χ3v) is 2.46. The lowest BCUT2D eigenvalue weighted by molar-refractivity contribution is -0.119. The molecule has 0 aliphatic rings. The molecule has 5 heteroatoms. The summed E-state index contributed by atoms with van der Waals surface area (Å²) in [5.41, 5.74) is 0.738. The first-order chi connectivity index (χ1) is 7.97. The van der Waals surface area contributed by atoms with Gasteiger partial charge in [-0.2, -0.15) is 0 Å². The molecule has 0 aliphatic carbocycles. The van der Waals surface area contributed by atoms with E-state index >= 15 is 0 Å². The minimum atomic E-state index is -0.0465. The first-order valence-electron chi connectivity index (χ1n) is 5.44. The number of halogens is 2. The second-order valence-corrected chi connectivity index (χ2v) is 5.08. The number of benzene rings is 1. The van der Waals surface area contributed by atoms with Gasteiger partial charge in [0.25, 0.3) is 0 Å². The predicted molar refractivity (Wildman–Crippen MR) is 72.8 cm³/mol. The van der Waals surface area contributed by atoms with Crippen molar-refractivity contribution in [3.63, 3.8) is 0 Å². The Labute approximate surface area is 111 Å². The molecular formula is C12H16Cl2N2O. The van der Waals surface area contributed by atoms with Crippen molar-refractivity contribution in [1.82, 2.24) is 5.32 Å². The standard InChI is InChI=1S/C12H16Cl2N2O/c1-8(2)6-16-12(17)7-15-11-4-9(13)3-10(14)5-11/h3-5,8,15H,6-7H2,1-2H3,(H,16,17). The van der Waals surface area contributed by atoms with Gasteiger partial charge in [0.1, 0.15) is 0 Å². The van der Waals surface area contributed by atoms with Crippen LogP contribution in [-0.2, 0) is 4.79 Å². The summed E-state index contributed by atoms with van der Waals surface area (Å²) in [7, 11) is 0. The monoisotopic (exact) mass is 274 g/mol. The van der Waals surface area contributed by atoms with E-state index in [1.54, 1.807) is 18.2 Å². The summed E-state index contributed by atoms with van der Waals surface area (Å²) in [6.45, 7) is 4.98. The van der Waals surface area contributed by atoms with Gasteiger partial charge in [-0.25, -0.2) is 0 Å². The molecule has 0 aromatic heterocycles. The highest BCUT2D eigenvalue weighted by Gasteiger charge is 2.03. The smallest absolute Gasteiger partial charge is 0.239 e. The molecule has 0 saturated carbocycles.